The second-order valence-electron chi connectivity index (χ2n) is 3.16. The number of aliphatic hydroxyl groups is 1. The molecule has 1 atom stereocenters. The molecule has 0 aromatic heterocycles. The lowest BCUT2D eigenvalue weighted by atomic mass is 10.1. The average Bonchev–Trinajstić information content (AvgIpc) is 2.14. The van der Waals surface area contributed by atoms with Crippen molar-refractivity contribution in [3.8, 4) is 0 Å². The Morgan fingerprint density at radius 1 is 1.38 bits per heavy atom. The fraction of sp³-hybridized carbons (Fsp3) is 0.900. The molecule has 0 bridgehead atoms. The van der Waals surface area contributed by atoms with E-state index >= 15 is 0 Å². The molecule has 78 valence electrons. The Labute approximate surface area is 80.1 Å². The summed E-state index contributed by atoms with van der Waals surface area (Å²) < 4.78 is 4.84. The van der Waals surface area contributed by atoms with Crippen molar-refractivity contribution in [1.29, 1.82) is 0 Å². The minimum Gasteiger partial charge on any atom is -0.466 e. The van der Waals surface area contributed by atoms with Crippen molar-refractivity contribution in [2.45, 2.75) is 52.1 Å². The van der Waals surface area contributed by atoms with Gasteiger partial charge in [-0.15, -0.1) is 0 Å². The van der Waals surface area contributed by atoms with Crippen molar-refractivity contribution < 1.29 is 14.6 Å². The Bertz CT molecular complexity index is 134. The van der Waals surface area contributed by atoms with Gasteiger partial charge in [-0.3, -0.25) is 4.79 Å². The third-order valence-corrected chi connectivity index (χ3v) is 1.89. The maximum Gasteiger partial charge on any atom is 0.305 e. The third kappa shape index (κ3) is 7.78. The number of carbonyl (C=O) groups excluding carboxylic acids is 1. The van der Waals surface area contributed by atoms with Crippen LogP contribution in [0.1, 0.15) is 46.0 Å². The second kappa shape index (κ2) is 8.05. The van der Waals surface area contributed by atoms with Gasteiger partial charge in [-0.2, -0.15) is 0 Å². The molecule has 0 aliphatic carbocycles. The summed E-state index contributed by atoms with van der Waals surface area (Å²) in [6, 6.07) is 0. The fourth-order valence-corrected chi connectivity index (χ4v) is 0.995. The molecule has 0 aromatic rings. The Kier molecular flexibility index (Phi) is 7.69. The summed E-state index contributed by atoms with van der Waals surface area (Å²) in [5, 5.41) is 9.37. The maximum absolute atomic E-state index is 10.7. The first-order valence-corrected chi connectivity index (χ1v) is 5.04. The molecule has 0 aliphatic heterocycles. The Morgan fingerprint density at radius 2 is 2.08 bits per heavy atom. The van der Waals surface area contributed by atoms with Crippen LogP contribution in [0.5, 0.6) is 0 Å². The van der Waals surface area contributed by atoms with Crippen molar-refractivity contribution in [3.63, 3.8) is 0 Å². The van der Waals surface area contributed by atoms with Crippen molar-refractivity contribution in [2.75, 3.05) is 6.61 Å². The molecule has 1 N–H and O–H groups in total. The number of hydrogen-bond donors (Lipinski definition) is 1. The molecule has 3 heteroatoms. The molecule has 0 rings (SSSR count). The van der Waals surface area contributed by atoms with E-state index < -0.39 is 0 Å². The minimum absolute atomic E-state index is 0.192. The van der Waals surface area contributed by atoms with E-state index in [0.29, 0.717) is 19.4 Å². The van der Waals surface area contributed by atoms with Crippen LogP contribution >= 0.6 is 0 Å². The standard InChI is InChI=1S/C10H20O3/c1-3-5-6-9(11)7-8-13-10(12)4-2/h9,11H,3-8H2,1-2H3. The van der Waals surface area contributed by atoms with E-state index in [0.717, 1.165) is 19.3 Å². The van der Waals surface area contributed by atoms with Gasteiger partial charge in [0.05, 0.1) is 12.7 Å². The molecule has 0 saturated heterocycles. The molecule has 0 aliphatic rings. The number of ether oxygens (including phenoxy) is 1. The van der Waals surface area contributed by atoms with Crippen LogP contribution in [0.25, 0.3) is 0 Å². The molecule has 13 heavy (non-hydrogen) atoms. The number of aliphatic hydroxyl groups excluding tert-OH is 1. The first-order chi connectivity index (χ1) is 6.20. The van der Waals surface area contributed by atoms with E-state index in [4.69, 9.17) is 4.74 Å². The average molecular weight is 188 g/mol. The van der Waals surface area contributed by atoms with Gasteiger partial charge in [0.15, 0.2) is 0 Å². The molecule has 0 spiro atoms. The van der Waals surface area contributed by atoms with Crippen molar-refractivity contribution in [2.24, 2.45) is 0 Å². The summed E-state index contributed by atoms with van der Waals surface area (Å²) in [4.78, 5) is 10.7. The molecular formula is C10H20O3. The number of unbranched alkanes of at least 4 members (excludes halogenated alkanes) is 1. The number of esters is 1. The monoisotopic (exact) mass is 188 g/mol. The van der Waals surface area contributed by atoms with E-state index in [1.54, 1.807) is 6.92 Å². The summed E-state index contributed by atoms with van der Waals surface area (Å²) in [7, 11) is 0. The first-order valence-electron chi connectivity index (χ1n) is 5.04. The van der Waals surface area contributed by atoms with E-state index in [1.165, 1.54) is 0 Å². The highest BCUT2D eigenvalue weighted by Gasteiger charge is 2.04. The predicted octanol–water partition coefficient (Wildman–Crippen LogP) is 1.88. The van der Waals surface area contributed by atoms with E-state index in [1.807, 2.05) is 0 Å². The quantitative estimate of drug-likeness (QED) is 0.620. The summed E-state index contributed by atoms with van der Waals surface area (Å²) >= 11 is 0. The lowest BCUT2D eigenvalue weighted by Gasteiger charge is -2.09. The zero-order valence-electron chi connectivity index (χ0n) is 8.58. The molecule has 0 saturated carbocycles. The van der Waals surface area contributed by atoms with Gasteiger partial charge in [0, 0.05) is 12.8 Å². The number of rotatable bonds is 7. The molecule has 3 nitrogen and oxygen atoms in total. The predicted molar refractivity (Wildman–Crippen MR) is 51.4 cm³/mol. The van der Waals surface area contributed by atoms with Crippen LogP contribution in [0, 0.1) is 0 Å². The highest BCUT2D eigenvalue weighted by Crippen LogP contribution is 2.04. The van der Waals surface area contributed by atoms with Gasteiger partial charge >= 0.3 is 5.97 Å². The molecule has 0 radical (unpaired) electrons. The second-order valence-corrected chi connectivity index (χ2v) is 3.16. The zero-order chi connectivity index (χ0) is 10.1. The molecule has 0 fully saturated rings. The highest BCUT2D eigenvalue weighted by atomic mass is 16.5. The van der Waals surface area contributed by atoms with Crippen LogP contribution in [-0.4, -0.2) is 23.8 Å². The Balaban J connectivity index is 3.26. The van der Waals surface area contributed by atoms with Crippen LogP contribution in [-0.2, 0) is 9.53 Å². The molecule has 1 unspecified atom stereocenters. The molecular weight excluding hydrogens is 168 g/mol. The number of carbonyl (C=O) groups is 1. The van der Waals surface area contributed by atoms with Crippen LogP contribution in [0.2, 0.25) is 0 Å². The molecule has 0 amide bonds. The van der Waals surface area contributed by atoms with Crippen molar-refractivity contribution >= 4 is 5.97 Å². The van der Waals surface area contributed by atoms with Crippen molar-refractivity contribution in [3.05, 3.63) is 0 Å². The number of hydrogen-bond acceptors (Lipinski definition) is 3. The van der Waals surface area contributed by atoms with Gasteiger partial charge in [-0.05, 0) is 6.42 Å². The summed E-state index contributed by atoms with van der Waals surface area (Å²) in [5.41, 5.74) is 0. The summed E-state index contributed by atoms with van der Waals surface area (Å²) in [6.45, 7) is 4.19. The molecule has 0 heterocycles. The smallest absolute Gasteiger partial charge is 0.305 e. The lowest BCUT2D eigenvalue weighted by molar-refractivity contribution is -0.143. The van der Waals surface area contributed by atoms with Gasteiger partial charge in [-0.25, -0.2) is 0 Å². The van der Waals surface area contributed by atoms with Crippen LogP contribution in [0.15, 0.2) is 0 Å². The van der Waals surface area contributed by atoms with E-state index in [9.17, 15) is 9.90 Å². The van der Waals surface area contributed by atoms with Gasteiger partial charge in [0.25, 0.3) is 0 Å². The first kappa shape index (κ1) is 12.4. The summed E-state index contributed by atoms with van der Waals surface area (Å²) in [5.74, 6) is -0.192. The van der Waals surface area contributed by atoms with Crippen LogP contribution in [0.3, 0.4) is 0 Å². The Morgan fingerprint density at radius 3 is 2.62 bits per heavy atom. The summed E-state index contributed by atoms with van der Waals surface area (Å²) in [6.07, 6.45) is 3.58. The highest BCUT2D eigenvalue weighted by molar-refractivity contribution is 5.68. The fourth-order valence-electron chi connectivity index (χ4n) is 0.995. The SMILES string of the molecule is CCCCC(O)CCOC(=O)CC. The van der Waals surface area contributed by atoms with E-state index in [-0.39, 0.29) is 12.1 Å². The van der Waals surface area contributed by atoms with Crippen LogP contribution < -0.4 is 0 Å². The largest absolute Gasteiger partial charge is 0.466 e. The van der Waals surface area contributed by atoms with Gasteiger partial charge < -0.3 is 9.84 Å². The zero-order valence-corrected chi connectivity index (χ0v) is 8.58. The third-order valence-electron chi connectivity index (χ3n) is 1.89. The Hall–Kier alpha value is -0.570. The maximum atomic E-state index is 10.7. The molecule has 0 aromatic carbocycles. The minimum atomic E-state index is -0.315. The van der Waals surface area contributed by atoms with Crippen LogP contribution in [0.4, 0.5) is 0 Å². The van der Waals surface area contributed by atoms with Gasteiger partial charge in [0.1, 0.15) is 0 Å². The van der Waals surface area contributed by atoms with E-state index in [2.05, 4.69) is 6.92 Å². The normalized spacial score (nSPS) is 12.5. The van der Waals surface area contributed by atoms with Gasteiger partial charge in [-0.1, -0.05) is 26.7 Å². The lowest BCUT2D eigenvalue weighted by Crippen LogP contribution is -2.12. The van der Waals surface area contributed by atoms with Crippen molar-refractivity contribution in [1.82, 2.24) is 0 Å². The van der Waals surface area contributed by atoms with Gasteiger partial charge in [0.2, 0.25) is 0 Å². The topological polar surface area (TPSA) is 46.5 Å².